The fraction of sp³-hybridized carbons (Fsp3) is 0.647. The Morgan fingerprint density at radius 2 is 1.86 bits per heavy atom. The minimum atomic E-state index is 0.670. The van der Waals surface area contributed by atoms with Crippen LogP contribution in [-0.4, -0.2) is 50.2 Å². The summed E-state index contributed by atoms with van der Waals surface area (Å²) in [6, 6.07) is 8.84. The summed E-state index contributed by atoms with van der Waals surface area (Å²) in [5, 5.41) is 4.37. The number of nitrogens with one attached hydrogen (secondary N) is 1. The van der Waals surface area contributed by atoms with E-state index in [1.54, 1.807) is 0 Å². The van der Waals surface area contributed by atoms with Crippen molar-refractivity contribution in [3.8, 4) is 0 Å². The molecule has 3 nitrogen and oxygen atoms in total. The van der Waals surface area contributed by atoms with Crippen molar-refractivity contribution in [1.29, 1.82) is 0 Å². The van der Waals surface area contributed by atoms with Gasteiger partial charge in [-0.1, -0.05) is 44.0 Å². The summed E-state index contributed by atoms with van der Waals surface area (Å²) in [7, 11) is 0. The van der Waals surface area contributed by atoms with Crippen LogP contribution in [0.4, 0.5) is 5.69 Å². The summed E-state index contributed by atoms with van der Waals surface area (Å²) in [4.78, 5) is 5.05. The molecule has 1 fully saturated rings. The quantitative estimate of drug-likeness (QED) is 0.834. The lowest BCUT2D eigenvalue weighted by atomic mass is 10.1. The van der Waals surface area contributed by atoms with Crippen molar-refractivity contribution in [3.63, 3.8) is 0 Å². The molecule has 0 bridgehead atoms. The van der Waals surface area contributed by atoms with E-state index in [1.165, 1.54) is 18.5 Å². The van der Waals surface area contributed by atoms with Gasteiger partial charge in [0.15, 0.2) is 0 Å². The number of halogens is 1. The Bertz CT molecular complexity index is 416. The summed E-state index contributed by atoms with van der Waals surface area (Å²) >= 11 is 6.31. The van der Waals surface area contributed by atoms with E-state index in [9.17, 15) is 0 Å². The molecule has 118 valence electrons. The molecular formula is C17H28ClN3. The highest BCUT2D eigenvalue weighted by molar-refractivity contribution is 6.33. The van der Waals surface area contributed by atoms with Crippen LogP contribution >= 0.6 is 11.6 Å². The van der Waals surface area contributed by atoms with Gasteiger partial charge in [-0.3, -0.25) is 4.90 Å². The Labute approximate surface area is 134 Å². The molecule has 0 aromatic heterocycles. The van der Waals surface area contributed by atoms with Crippen molar-refractivity contribution < 1.29 is 0 Å². The van der Waals surface area contributed by atoms with E-state index in [0.29, 0.717) is 6.04 Å². The number of anilines is 1. The predicted octanol–water partition coefficient (Wildman–Crippen LogP) is 3.24. The van der Waals surface area contributed by atoms with Gasteiger partial charge >= 0.3 is 0 Å². The van der Waals surface area contributed by atoms with Crippen molar-refractivity contribution in [2.45, 2.75) is 32.7 Å². The van der Waals surface area contributed by atoms with E-state index in [4.69, 9.17) is 11.6 Å². The summed E-state index contributed by atoms with van der Waals surface area (Å²) in [6.07, 6.45) is 2.53. The highest BCUT2D eigenvalue weighted by Crippen LogP contribution is 2.26. The van der Waals surface area contributed by atoms with Crippen LogP contribution in [0.15, 0.2) is 24.3 Å². The summed E-state index contributed by atoms with van der Waals surface area (Å²) in [6.45, 7) is 11.0. The molecule has 1 N–H and O–H groups in total. The van der Waals surface area contributed by atoms with Gasteiger partial charge in [0.2, 0.25) is 0 Å². The maximum Gasteiger partial charge on any atom is 0.0639 e. The number of para-hydroxylation sites is 1. The predicted molar refractivity (Wildman–Crippen MR) is 92.5 cm³/mol. The van der Waals surface area contributed by atoms with Gasteiger partial charge in [-0.15, -0.1) is 0 Å². The third kappa shape index (κ3) is 4.60. The zero-order chi connectivity index (χ0) is 15.1. The van der Waals surface area contributed by atoms with E-state index in [0.717, 1.165) is 44.3 Å². The van der Waals surface area contributed by atoms with Crippen LogP contribution < -0.4 is 10.2 Å². The molecule has 1 atom stereocenters. The molecular weight excluding hydrogens is 282 g/mol. The smallest absolute Gasteiger partial charge is 0.0639 e. The van der Waals surface area contributed by atoms with E-state index in [1.807, 2.05) is 12.1 Å². The van der Waals surface area contributed by atoms with E-state index in [2.05, 4.69) is 41.1 Å². The number of nitrogens with zero attached hydrogens (tertiary/aromatic N) is 2. The minimum absolute atomic E-state index is 0.670. The molecule has 4 heteroatoms. The first-order valence-electron chi connectivity index (χ1n) is 8.20. The van der Waals surface area contributed by atoms with Gasteiger partial charge in [-0.2, -0.15) is 0 Å². The Morgan fingerprint density at radius 3 is 2.48 bits per heavy atom. The first-order valence-corrected chi connectivity index (χ1v) is 8.58. The largest absolute Gasteiger partial charge is 0.368 e. The van der Waals surface area contributed by atoms with Crippen molar-refractivity contribution in [1.82, 2.24) is 10.2 Å². The van der Waals surface area contributed by atoms with Gasteiger partial charge in [-0.05, 0) is 25.1 Å². The fourth-order valence-electron chi connectivity index (χ4n) is 3.09. The number of likely N-dealkylation sites (N-methyl/N-ethyl adjacent to an activating group) is 1. The maximum atomic E-state index is 6.31. The number of piperazine rings is 1. The Balaban J connectivity index is 1.91. The average molecular weight is 310 g/mol. The molecule has 1 aliphatic heterocycles. The van der Waals surface area contributed by atoms with Gasteiger partial charge in [0.05, 0.1) is 10.7 Å². The highest BCUT2D eigenvalue weighted by atomic mass is 35.5. The Hall–Kier alpha value is -0.770. The topological polar surface area (TPSA) is 18.5 Å². The van der Waals surface area contributed by atoms with Crippen LogP contribution in [0.5, 0.6) is 0 Å². The normalized spacial score (nSPS) is 18.0. The second kappa shape index (κ2) is 8.62. The van der Waals surface area contributed by atoms with Gasteiger partial charge in [-0.25, -0.2) is 0 Å². The second-order valence-electron chi connectivity index (χ2n) is 5.72. The minimum Gasteiger partial charge on any atom is -0.368 e. The first-order chi connectivity index (χ1) is 10.3. The molecule has 1 heterocycles. The lowest BCUT2D eigenvalue weighted by Gasteiger charge is -2.40. The highest BCUT2D eigenvalue weighted by Gasteiger charge is 2.23. The second-order valence-corrected chi connectivity index (χ2v) is 6.13. The van der Waals surface area contributed by atoms with E-state index < -0.39 is 0 Å². The number of rotatable bonds is 7. The zero-order valence-electron chi connectivity index (χ0n) is 13.3. The standard InChI is InChI=1S/C17H28ClN3/c1-3-7-15(14-19-4-2)20-10-12-21(13-11-20)17-9-6-5-8-16(17)18/h5-6,8-9,15,19H,3-4,7,10-14H2,1-2H3. The molecule has 21 heavy (non-hydrogen) atoms. The molecule has 1 aliphatic rings. The number of benzene rings is 1. The summed E-state index contributed by atoms with van der Waals surface area (Å²) in [5.41, 5.74) is 1.18. The van der Waals surface area contributed by atoms with Gasteiger partial charge in [0.1, 0.15) is 0 Å². The molecule has 2 rings (SSSR count). The molecule has 1 aromatic carbocycles. The fourth-order valence-corrected chi connectivity index (χ4v) is 3.35. The van der Waals surface area contributed by atoms with Crippen LogP contribution in [0.2, 0.25) is 5.02 Å². The third-order valence-electron chi connectivity index (χ3n) is 4.28. The molecule has 0 radical (unpaired) electrons. The lowest BCUT2D eigenvalue weighted by Crippen LogP contribution is -2.53. The van der Waals surface area contributed by atoms with E-state index in [-0.39, 0.29) is 0 Å². The molecule has 0 aliphatic carbocycles. The van der Waals surface area contributed by atoms with Crippen molar-refractivity contribution in [3.05, 3.63) is 29.3 Å². The molecule has 0 spiro atoms. The van der Waals surface area contributed by atoms with Crippen LogP contribution in [0.1, 0.15) is 26.7 Å². The summed E-state index contributed by atoms with van der Waals surface area (Å²) in [5.74, 6) is 0. The van der Waals surface area contributed by atoms with Gasteiger partial charge in [0, 0.05) is 38.8 Å². The van der Waals surface area contributed by atoms with Crippen molar-refractivity contribution >= 4 is 17.3 Å². The first kappa shape index (κ1) is 16.6. The lowest BCUT2D eigenvalue weighted by molar-refractivity contribution is 0.172. The zero-order valence-corrected chi connectivity index (χ0v) is 14.1. The van der Waals surface area contributed by atoms with Gasteiger partial charge < -0.3 is 10.2 Å². The molecule has 1 saturated heterocycles. The molecule has 1 unspecified atom stereocenters. The Kier molecular flexibility index (Phi) is 6.81. The number of hydrogen-bond acceptors (Lipinski definition) is 3. The van der Waals surface area contributed by atoms with Crippen LogP contribution in [-0.2, 0) is 0 Å². The molecule has 1 aromatic rings. The third-order valence-corrected chi connectivity index (χ3v) is 4.60. The average Bonchev–Trinajstić information content (AvgIpc) is 2.52. The maximum absolute atomic E-state index is 6.31. The van der Waals surface area contributed by atoms with E-state index >= 15 is 0 Å². The summed E-state index contributed by atoms with van der Waals surface area (Å²) < 4.78 is 0. The number of hydrogen-bond donors (Lipinski definition) is 1. The molecule has 0 amide bonds. The molecule has 0 saturated carbocycles. The van der Waals surface area contributed by atoms with Crippen LogP contribution in [0, 0.1) is 0 Å². The Morgan fingerprint density at radius 1 is 1.14 bits per heavy atom. The monoisotopic (exact) mass is 309 g/mol. The van der Waals surface area contributed by atoms with Crippen LogP contribution in [0.25, 0.3) is 0 Å². The SMILES string of the molecule is CCCC(CNCC)N1CCN(c2ccccc2Cl)CC1. The van der Waals surface area contributed by atoms with Crippen molar-refractivity contribution in [2.75, 3.05) is 44.2 Å². The van der Waals surface area contributed by atoms with Crippen molar-refractivity contribution in [2.24, 2.45) is 0 Å². The van der Waals surface area contributed by atoms with Crippen LogP contribution in [0.3, 0.4) is 0 Å². The van der Waals surface area contributed by atoms with Gasteiger partial charge in [0.25, 0.3) is 0 Å².